The first-order valence-electron chi connectivity index (χ1n) is 7.04. The Hall–Kier alpha value is -1.75. The summed E-state index contributed by atoms with van der Waals surface area (Å²) < 4.78 is 11.1. The monoisotopic (exact) mass is 278 g/mol. The van der Waals surface area contributed by atoms with Crippen molar-refractivity contribution in [3.8, 4) is 11.5 Å². The minimum Gasteiger partial charge on any atom is -0.493 e. The Morgan fingerprint density at radius 1 is 1.25 bits per heavy atom. The van der Waals surface area contributed by atoms with Crippen LogP contribution in [0, 0.1) is 0 Å². The topological polar surface area (TPSA) is 54.3 Å². The molecule has 1 heterocycles. The van der Waals surface area contributed by atoms with Crippen molar-refractivity contribution >= 4 is 6.21 Å². The minimum atomic E-state index is 0.654. The van der Waals surface area contributed by atoms with E-state index < -0.39 is 0 Å². The van der Waals surface area contributed by atoms with E-state index in [-0.39, 0.29) is 0 Å². The van der Waals surface area contributed by atoms with Crippen LogP contribution in [0.5, 0.6) is 11.5 Å². The van der Waals surface area contributed by atoms with Crippen LogP contribution in [-0.2, 0) is 0 Å². The van der Waals surface area contributed by atoms with Gasteiger partial charge < -0.3 is 14.7 Å². The lowest BCUT2D eigenvalue weighted by Gasteiger charge is -2.26. The van der Waals surface area contributed by atoms with Crippen molar-refractivity contribution in [1.29, 1.82) is 0 Å². The van der Waals surface area contributed by atoms with Gasteiger partial charge in [-0.2, -0.15) is 0 Å². The molecule has 1 aliphatic heterocycles. The number of hydrogen-bond acceptors (Lipinski definition) is 5. The van der Waals surface area contributed by atoms with Crippen molar-refractivity contribution in [2.75, 3.05) is 33.4 Å². The van der Waals surface area contributed by atoms with E-state index in [0.717, 1.165) is 17.9 Å². The number of methoxy groups -OCH3 is 1. The third-order valence-electron chi connectivity index (χ3n) is 3.51. The molecule has 0 amide bonds. The van der Waals surface area contributed by atoms with Gasteiger partial charge in [-0.05, 0) is 44.1 Å². The van der Waals surface area contributed by atoms with Crippen molar-refractivity contribution < 1.29 is 14.7 Å². The van der Waals surface area contributed by atoms with E-state index in [9.17, 15) is 0 Å². The van der Waals surface area contributed by atoms with E-state index in [2.05, 4.69) is 10.1 Å². The molecule has 0 radical (unpaired) electrons. The number of ether oxygens (including phenoxy) is 2. The Balaban J connectivity index is 1.88. The van der Waals surface area contributed by atoms with E-state index in [4.69, 9.17) is 14.7 Å². The molecule has 0 bridgehead atoms. The second-order valence-corrected chi connectivity index (χ2v) is 4.91. The molecular formula is C15H22N2O3. The van der Waals surface area contributed by atoms with Crippen molar-refractivity contribution in [1.82, 2.24) is 4.90 Å². The number of hydrogen-bond donors (Lipinski definition) is 1. The molecule has 0 atom stereocenters. The van der Waals surface area contributed by atoms with Crippen molar-refractivity contribution in [2.24, 2.45) is 5.16 Å². The average molecular weight is 278 g/mol. The summed E-state index contributed by atoms with van der Waals surface area (Å²) in [7, 11) is 1.60. The van der Waals surface area contributed by atoms with Gasteiger partial charge in [-0.1, -0.05) is 11.6 Å². The van der Waals surface area contributed by atoms with E-state index in [0.29, 0.717) is 12.4 Å². The second kappa shape index (κ2) is 7.75. The molecule has 20 heavy (non-hydrogen) atoms. The van der Waals surface area contributed by atoms with Gasteiger partial charge in [0.25, 0.3) is 0 Å². The first kappa shape index (κ1) is 14.7. The molecule has 5 nitrogen and oxygen atoms in total. The zero-order chi connectivity index (χ0) is 14.2. The molecule has 1 aromatic rings. The molecule has 0 unspecified atom stereocenters. The van der Waals surface area contributed by atoms with Crippen molar-refractivity contribution in [2.45, 2.75) is 19.3 Å². The predicted octanol–water partition coefficient (Wildman–Crippen LogP) is 2.37. The lowest BCUT2D eigenvalue weighted by Crippen LogP contribution is -2.33. The maximum atomic E-state index is 8.53. The molecule has 1 aromatic carbocycles. The summed E-state index contributed by atoms with van der Waals surface area (Å²) in [5.74, 6) is 1.38. The van der Waals surface area contributed by atoms with Gasteiger partial charge in [0.1, 0.15) is 6.61 Å². The average Bonchev–Trinajstić information content (AvgIpc) is 2.50. The van der Waals surface area contributed by atoms with Crippen LogP contribution in [0.15, 0.2) is 23.4 Å². The Labute approximate surface area is 119 Å². The number of benzene rings is 1. The number of likely N-dealkylation sites (tertiary alicyclic amines) is 1. The fourth-order valence-corrected chi connectivity index (χ4v) is 2.42. The van der Waals surface area contributed by atoms with Gasteiger partial charge in [-0.3, -0.25) is 4.90 Å². The first-order valence-corrected chi connectivity index (χ1v) is 7.04. The van der Waals surface area contributed by atoms with Gasteiger partial charge in [0.05, 0.1) is 13.3 Å². The SMILES string of the molecule is COc1cc(C=NO)ccc1OCCN1CCCCC1. The van der Waals surface area contributed by atoms with E-state index in [1.54, 1.807) is 13.2 Å². The Kier molecular flexibility index (Phi) is 5.68. The van der Waals surface area contributed by atoms with Crippen LogP contribution in [0.2, 0.25) is 0 Å². The summed E-state index contributed by atoms with van der Waals surface area (Å²) in [4.78, 5) is 2.43. The van der Waals surface area contributed by atoms with Crippen LogP contribution in [-0.4, -0.2) is 49.7 Å². The normalized spacial score (nSPS) is 16.4. The number of oxime groups is 1. The first-order chi connectivity index (χ1) is 9.83. The third-order valence-corrected chi connectivity index (χ3v) is 3.51. The van der Waals surface area contributed by atoms with Crippen LogP contribution in [0.25, 0.3) is 0 Å². The van der Waals surface area contributed by atoms with E-state index >= 15 is 0 Å². The third kappa shape index (κ3) is 4.13. The summed E-state index contributed by atoms with van der Waals surface area (Å²) in [6.45, 7) is 3.95. The predicted molar refractivity (Wildman–Crippen MR) is 78.2 cm³/mol. The van der Waals surface area contributed by atoms with Gasteiger partial charge in [0, 0.05) is 12.1 Å². The highest BCUT2D eigenvalue weighted by molar-refractivity contribution is 5.80. The molecule has 0 saturated carbocycles. The van der Waals surface area contributed by atoms with Gasteiger partial charge >= 0.3 is 0 Å². The van der Waals surface area contributed by atoms with Crippen LogP contribution in [0.3, 0.4) is 0 Å². The molecule has 0 aromatic heterocycles. The van der Waals surface area contributed by atoms with Crippen LogP contribution < -0.4 is 9.47 Å². The molecule has 1 N–H and O–H groups in total. The summed E-state index contributed by atoms with van der Waals surface area (Å²) >= 11 is 0. The van der Waals surface area contributed by atoms with Crippen molar-refractivity contribution in [3.05, 3.63) is 23.8 Å². The molecule has 1 saturated heterocycles. The molecule has 110 valence electrons. The molecular weight excluding hydrogens is 256 g/mol. The summed E-state index contributed by atoms with van der Waals surface area (Å²) in [5, 5.41) is 11.5. The number of piperidine rings is 1. The zero-order valence-corrected chi connectivity index (χ0v) is 11.9. The number of rotatable bonds is 6. The lowest BCUT2D eigenvalue weighted by molar-refractivity contribution is 0.180. The quantitative estimate of drug-likeness (QED) is 0.493. The number of nitrogens with zero attached hydrogens (tertiary/aromatic N) is 2. The van der Waals surface area contributed by atoms with Gasteiger partial charge in [0.2, 0.25) is 0 Å². The minimum absolute atomic E-state index is 0.654. The zero-order valence-electron chi connectivity index (χ0n) is 11.9. The molecule has 1 aliphatic rings. The standard InChI is InChI=1S/C15H22N2O3/c1-19-15-11-13(12-16-18)5-6-14(15)20-10-9-17-7-3-2-4-8-17/h5-6,11-12,18H,2-4,7-10H2,1H3. The largest absolute Gasteiger partial charge is 0.493 e. The van der Waals surface area contributed by atoms with E-state index in [1.807, 2.05) is 12.1 Å². The maximum Gasteiger partial charge on any atom is 0.161 e. The Morgan fingerprint density at radius 3 is 2.75 bits per heavy atom. The molecule has 2 rings (SSSR count). The second-order valence-electron chi connectivity index (χ2n) is 4.91. The van der Waals surface area contributed by atoms with Gasteiger partial charge in [0.15, 0.2) is 11.5 Å². The molecule has 0 aliphatic carbocycles. The lowest BCUT2D eigenvalue weighted by atomic mass is 10.1. The van der Waals surface area contributed by atoms with Crippen molar-refractivity contribution in [3.63, 3.8) is 0 Å². The highest BCUT2D eigenvalue weighted by atomic mass is 16.5. The molecule has 1 fully saturated rings. The summed E-state index contributed by atoms with van der Waals surface area (Å²) in [6, 6.07) is 5.46. The summed E-state index contributed by atoms with van der Waals surface area (Å²) in [6.07, 6.45) is 5.29. The molecule has 0 spiro atoms. The maximum absolute atomic E-state index is 8.53. The van der Waals surface area contributed by atoms with Gasteiger partial charge in [-0.15, -0.1) is 0 Å². The van der Waals surface area contributed by atoms with Crippen LogP contribution in [0.1, 0.15) is 24.8 Å². The van der Waals surface area contributed by atoms with Gasteiger partial charge in [-0.25, -0.2) is 0 Å². The Morgan fingerprint density at radius 2 is 2.05 bits per heavy atom. The summed E-state index contributed by atoms with van der Waals surface area (Å²) in [5.41, 5.74) is 0.771. The smallest absolute Gasteiger partial charge is 0.161 e. The highest BCUT2D eigenvalue weighted by Gasteiger charge is 2.10. The fraction of sp³-hybridized carbons (Fsp3) is 0.533. The van der Waals surface area contributed by atoms with Crippen LogP contribution in [0.4, 0.5) is 0 Å². The fourth-order valence-electron chi connectivity index (χ4n) is 2.42. The highest BCUT2D eigenvalue weighted by Crippen LogP contribution is 2.27. The Bertz CT molecular complexity index is 443. The van der Waals surface area contributed by atoms with E-state index in [1.165, 1.54) is 38.6 Å². The molecule has 5 heteroatoms. The van der Waals surface area contributed by atoms with Crippen LogP contribution >= 0.6 is 0 Å².